The van der Waals surface area contributed by atoms with Crippen molar-refractivity contribution in [2.45, 2.75) is 6.92 Å². The molecule has 0 aliphatic carbocycles. The minimum atomic E-state index is -0.547. The Balaban J connectivity index is 1.77. The van der Waals surface area contributed by atoms with Gasteiger partial charge in [0.1, 0.15) is 11.6 Å². The molecule has 27 heavy (non-hydrogen) atoms. The first-order chi connectivity index (χ1) is 13.0. The lowest BCUT2D eigenvalue weighted by molar-refractivity contribution is -0.114. The first-order valence-corrected chi connectivity index (χ1v) is 8.65. The van der Waals surface area contributed by atoms with E-state index >= 15 is 0 Å². The van der Waals surface area contributed by atoms with Crippen molar-refractivity contribution in [2.24, 2.45) is 0 Å². The molecule has 2 aromatic rings. The molecule has 1 heterocycles. The molecule has 2 amide bonds. The topological polar surface area (TPSA) is 100 Å². The highest BCUT2D eigenvalue weighted by Crippen LogP contribution is 2.37. The van der Waals surface area contributed by atoms with Gasteiger partial charge in [0, 0.05) is 22.8 Å². The second-order valence-corrected chi connectivity index (χ2v) is 6.46. The summed E-state index contributed by atoms with van der Waals surface area (Å²) in [7, 11) is 0. The Morgan fingerprint density at radius 2 is 1.70 bits per heavy atom. The molecule has 2 aromatic carbocycles. The van der Waals surface area contributed by atoms with Gasteiger partial charge in [-0.1, -0.05) is 15.9 Å². The predicted molar refractivity (Wildman–Crippen MR) is 103 cm³/mol. The van der Waals surface area contributed by atoms with Crippen LogP contribution in [0.15, 0.2) is 46.4 Å². The Hall–Kier alpha value is -3.31. The molecule has 0 atom stereocenters. The quantitative estimate of drug-likeness (QED) is 0.572. The van der Waals surface area contributed by atoms with Crippen molar-refractivity contribution >= 4 is 45.2 Å². The Morgan fingerprint density at radius 1 is 1.11 bits per heavy atom. The molecule has 7 nitrogen and oxygen atoms in total. The van der Waals surface area contributed by atoms with Crippen LogP contribution < -0.4 is 20.1 Å². The Morgan fingerprint density at radius 3 is 2.30 bits per heavy atom. The van der Waals surface area contributed by atoms with Crippen LogP contribution in [0.5, 0.6) is 11.5 Å². The minimum Gasteiger partial charge on any atom is -0.454 e. The normalized spacial score (nSPS) is 12.3. The fourth-order valence-corrected chi connectivity index (χ4v) is 2.82. The number of rotatable bonds is 4. The molecule has 1 aliphatic heterocycles. The predicted octanol–water partition coefficient (Wildman–Crippen LogP) is 3.68. The largest absolute Gasteiger partial charge is 0.454 e. The molecule has 0 spiro atoms. The summed E-state index contributed by atoms with van der Waals surface area (Å²) in [5.74, 6) is 0.419. The monoisotopic (exact) mass is 427 g/mol. The molecule has 2 N–H and O–H groups in total. The second kappa shape index (κ2) is 7.93. The van der Waals surface area contributed by atoms with Crippen molar-refractivity contribution in [2.75, 3.05) is 17.4 Å². The van der Waals surface area contributed by atoms with Crippen LogP contribution in [0.2, 0.25) is 0 Å². The van der Waals surface area contributed by atoms with Gasteiger partial charge < -0.3 is 20.1 Å². The molecule has 0 unspecified atom stereocenters. The van der Waals surface area contributed by atoms with E-state index < -0.39 is 5.91 Å². The van der Waals surface area contributed by atoms with E-state index in [4.69, 9.17) is 9.47 Å². The van der Waals surface area contributed by atoms with Gasteiger partial charge in [0.25, 0.3) is 5.91 Å². The van der Waals surface area contributed by atoms with Crippen LogP contribution in [0.1, 0.15) is 12.5 Å². The number of amides is 2. The van der Waals surface area contributed by atoms with Gasteiger partial charge in [-0.2, -0.15) is 5.26 Å². The van der Waals surface area contributed by atoms with E-state index in [0.29, 0.717) is 32.9 Å². The van der Waals surface area contributed by atoms with Gasteiger partial charge in [-0.3, -0.25) is 9.59 Å². The molecule has 8 heteroatoms. The Labute approximate surface area is 163 Å². The van der Waals surface area contributed by atoms with Crippen molar-refractivity contribution < 1.29 is 19.1 Å². The highest BCUT2D eigenvalue weighted by atomic mass is 79.9. The third-order valence-electron chi connectivity index (χ3n) is 3.62. The number of benzene rings is 2. The summed E-state index contributed by atoms with van der Waals surface area (Å²) >= 11 is 3.40. The molecule has 0 bridgehead atoms. The van der Waals surface area contributed by atoms with Gasteiger partial charge in [-0.15, -0.1) is 0 Å². The van der Waals surface area contributed by atoms with Gasteiger partial charge in [-0.25, -0.2) is 0 Å². The number of nitriles is 1. The number of halogens is 1. The lowest BCUT2D eigenvalue weighted by atomic mass is 10.1. The third-order valence-corrected chi connectivity index (χ3v) is 4.31. The molecular formula is C19H14BrN3O4. The lowest BCUT2D eigenvalue weighted by Gasteiger charge is -2.07. The van der Waals surface area contributed by atoms with E-state index in [2.05, 4.69) is 26.6 Å². The zero-order valence-electron chi connectivity index (χ0n) is 14.2. The number of nitrogens with zero attached hydrogens (tertiary/aromatic N) is 1. The molecule has 136 valence electrons. The maximum Gasteiger partial charge on any atom is 0.266 e. The SMILES string of the molecule is CC(=O)Nc1ccc(NC(=O)/C(C#N)=C/c2cc3c(cc2Br)OCO3)cc1. The maximum absolute atomic E-state index is 12.4. The molecule has 0 aromatic heterocycles. The second-order valence-electron chi connectivity index (χ2n) is 5.61. The van der Waals surface area contributed by atoms with Crippen LogP contribution >= 0.6 is 15.9 Å². The molecular weight excluding hydrogens is 414 g/mol. The average molecular weight is 428 g/mol. The van der Waals surface area contributed by atoms with Gasteiger partial charge in [-0.05, 0) is 48.0 Å². The summed E-state index contributed by atoms with van der Waals surface area (Å²) in [4.78, 5) is 23.4. The van der Waals surface area contributed by atoms with Crippen molar-refractivity contribution in [3.8, 4) is 17.6 Å². The molecule has 1 aliphatic rings. The fraction of sp³-hybridized carbons (Fsp3) is 0.105. The van der Waals surface area contributed by atoms with Crippen molar-refractivity contribution in [3.05, 3.63) is 52.0 Å². The number of carbonyl (C=O) groups is 2. The average Bonchev–Trinajstić information content (AvgIpc) is 3.07. The molecule has 0 fully saturated rings. The summed E-state index contributed by atoms with van der Waals surface area (Å²) in [6.45, 7) is 1.54. The fourth-order valence-electron chi connectivity index (χ4n) is 2.39. The number of nitrogens with one attached hydrogen (secondary N) is 2. The van der Waals surface area contributed by atoms with E-state index in [-0.39, 0.29) is 18.3 Å². The lowest BCUT2D eigenvalue weighted by Crippen LogP contribution is -2.13. The summed E-state index contributed by atoms with van der Waals surface area (Å²) in [5.41, 5.74) is 1.66. The summed E-state index contributed by atoms with van der Waals surface area (Å²) in [5, 5.41) is 14.7. The summed E-state index contributed by atoms with van der Waals surface area (Å²) in [6.07, 6.45) is 1.47. The van der Waals surface area contributed by atoms with Gasteiger partial charge in [0.2, 0.25) is 12.7 Å². The van der Waals surface area contributed by atoms with Crippen LogP contribution in [0.4, 0.5) is 11.4 Å². The van der Waals surface area contributed by atoms with E-state index in [0.717, 1.165) is 0 Å². The van der Waals surface area contributed by atoms with E-state index in [1.165, 1.54) is 13.0 Å². The number of fused-ring (bicyclic) bond motifs is 1. The standard InChI is InChI=1S/C19H14BrN3O4/c1-11(24)22-14-2-4-15(5-3-14)23-19(25)13(9-21)6-12-7-17-18(8-16(12)20)27-10-26-17/h2-8H,10H2,1H3,(H,22,24)(H,23,25)/b13-6+. The van der Waals surface area contributed by atoms with Gasteiger partial charge in [0.15, 0.2) is 11.5 Å². The third kappa shape index (κ3) is 4.46. The maximum atomic E-state index is 12.4. The van der Waals surface area contributed by atoms with E-state index in [1.54, 1.807) is 36.4 Å². The number of ether oxygens (including phenoxy) is 2. The summed E-state index contributed by atoms with van der Waals surface area (Å²) in [6, 6.07) is 11.9. The number of carbonyl (C=O) groups excluding carboxylic acids is 2. The smallest absolute Gasteiger partial charge is 0.266 e. The molecule has 3 rings (SSSR count). The van der Waals surface area contributed by atoms with E-state index in [9.17, 15) is 14.9 Å². The van der Waals surface area contributed by atoms with Crippen molar-refractivity contribution in [1.29, 1.82) is 5.26 Å². The minimum absolute atomic E-state index is 0.0690. The van der Waals surface area contributed by atoms with Crippen molar-refractivity contribution in [3.63, 3.8) is 0 Å². The zero-order valence-corrected chi connectivity index (χ0v) is 15.8. The van der Waals surface area contributed by atoms with Crippen LogP contribution in [0, 0.1) is 11.3 Å². The highest BCUT2D eigenvalue weighted by molar-refractivity contribution is 9.10. The highest BCUT2D eigenvalue weighted by Gasteiger charge is 2.17. The van der Waals surface area contributed by atoms with Crippen LogP contribution in [-0.2, 0) is 9.59 Å². The number of hydrogen-bond acceptors (Lipinski definition) is 5. The summed E-state index contributed by atoms with van der Waals surface area (Å²) < 4.78 is 11.3. The first kappa shape index (κ1) is 18.5. The van der Waals surface area contributed by atoms with Crippen LogP contribution in [-0.4, -0.2) is 18.6 Å². The van der Waals surface area contributed by atoms with Crippen molar-refractivity contribution in [1.82, 2.24) is 0 Å². The number of hydrogen-bond donors (Lipinski definition) is 2. The Kier molecular flexibility index (Phi) is 5.43. The molecule has 0 radical (unpaired) electrons. The van der Waals surface area contributed by atoms with Gasteiger partial charge in [0.05, 0.1) is 0 Å². The zero-order chi connectivity index (χ0) is 19.4. The first-order valence-electron chi connectivity index (χ1n) is 7.86. The molecule has 0 saturated heterocycles. The van der Waals surface area contributed by atoms with Crippen LogP contribution in [0.3, 0.4) is 0 Å². The number of anilines is 2. The molecule has 0 saturated carbocycles. The van der Waals surface area contributed by atoms with Crippen LogP contribution in [0.25, 0.3) is 6.08 Å². The van der Waals surface area contributed by atoms with E-state index in [1.807, 2.05) is 6.07 Å². The van der Waals surface area contributed by atoms with Gasteiger partial charge >= 0.3 is 0 Å². The Bertz CT molecular complexity index is 978.